The Morgan fingerprint density at radius 2 is 1.97 bits per heavy atom. The van der Waals surface area contributed by atoms with Gasteiger partial charge in [0, 0.05) is 43.1 Å². The number of imidazole rings is 1. The van der Waals surface area contributed by atoms with Gasteiger partial charge in [-0.2, -0.15) is 0 Å². The molecule has 3 aromatic rings. The molecule has 2 aliphatic rings. The summed E-state index contributed by atoms with van der Waals surface area (Å²) < 4.78 is 0. The molecule has 2 aliphatic heterocycles. The molecule has 0 bridgehead atoms. The summed E-state index contributed by atoms with van der Waals surface area (Å²) in [5.74, 6) is 1.29. The number of benzene rings is 2. The molecule has 2 saturated heterocycles. The van der Waals surface area contributed by atoms with Gasteiger partial charge in [-0.3, -0.25) is 9.79 Å². The van der Waals surface area contributed by atoms with Crippen molar-refractivity contribution in [1.29, 1.82) is 0 Å². The highest BCUT2D eigenvalue weighted by Gasteiger charge is 2.32. The number of hydrogen-bond donors (Lipinski definition) is 1. The predicted octanol–water partition coefficient (Wildman–Crippen LogP) is 4.86. The third-order valence-corrected chi connectivity index (χ3v) is 7.05. The summed E-state index contributed by atoms with van der Waals surface area (Å²) in [7, 11) is 0. The van der Waals surface area contributed by atoms with Crippen LogP contribution >= 0.6 is 11.6 Å². The molecule has 1 amide bonds. The van der Waals surface area contributed by atoms with Crippen molar-refractivity contribution in [2.45, 2.75) is 25.7 Å². The molecule has 170 valence electrons. The van der Waals surface area contributed by atoms with Crippen LogP contribution in [0.4, 0.5) is 5.69 Å². The fraction of sp³-hybridized carbons (Fsp3) is 0.346. The number of aromatic amines is 1. The zero-order valence-corrected chi connectivity index (χ0v) is 19.6. The van der Waals surface area contributed by atoms with E-state index in [4.69, 9.17) is 16.6 Å². The normalized spacial score (nSPS) is 16.4. The summed E-state index contributed by atoms with van der Waals surface area (Å²) in [4.78, 5) is 29.4. The van der Waals surface area contributed by atoms with Crippen LogP contribution in [0.2, 0.25) is 5.15 Å². The van der Waals surface area contributed by atoms with E-state index in [0.717, 1.165) is 41.3 Å². The number of amides is 1. The number of halogens is 1. The van der Waals surface area contributed by atoms with E-state index in [0.29, 0.717) is 29.7 Å². The average molecular weight is 462 g/mol. The molecule has 0 radical (unpaired) electrons. The second-order valence-electron chi connectivity index (χ2n) is 8.98. The van der Waals surface area contributed by atoms with Crippen LogP contribution in [-0.4, -0.2) is 65.1 Å². The maximum absolute atomic E-state index is 13.1. The fourth-order valence-electron chi connectivity index (χ4n) is 4.46. The minimum Gasteiger partial charge on any atom is -0.337 e. The van der Waals surface area contributed by atoms with E-state index in [9.17, 15) is 4.79 Å². The minimum atomic E-state index is 0.0431. The molecule has 1 N–H and O–H groups in total. The summed E-state index contributed by atoms with van der Waals surface area (Å²) in [6.07, 6.45) is 2.12. The van der Waals surface area contributed by atoms with E-state index < -0.39 is 0 Å². The Kier molecular flexibility index (Phi) is 6.04. The Morgan fingerprint density at radius 1 is 1.21 bits per heavy atom. The quantitative estimate of drug-likeness (QED) is 0.511. The van der Waals surface area contributed by atoms with E-state index in [1.165, 1.54) is 25.1 Å². The first kappa shape index (κ1) is 21.9. The minimum absolute atomic E-state index is 0.0431. The Morgan fingerprint density at radius 3 is 2.64 bits per heavy atom. The van der Waals surface area contributed by atoms with E-state index in [2.05, 4.69) is 33.7 Å². The van der Waals surface area contributed by atoms with E-state index in [-0.39, 0.29) is 5.91 Å². The molecule has 0 saturated carbocycles. The Balaban J connectivity index is 1.28. The van der Waals surface area contributed by atoms with Crippen LogP contribution in [0.5, 0.6) is 0 Å². The smallest absolute Gasteiger partial charge is 0.253 e. The summed E-state index contributed by atoms with van der Waals surface area (Å²) in [6.45, 7) is 10.3. The van der Waals surface area contributed by atoms with Gasteiger partial charge in [0.05, 0.1) is 5.69 Å². The summed E-state index contributed by atoms with van der Waals surface area (Å²) >= 11 is 6.52. The number of aromatic nitrogens is 2. The van der Waals surface area contributed by atoms with Crippen LogP contribution in [0.25, 0.3) is 11.3 Å². The maximum atomic E-state index is 13.1. The highest BCUT2D eigenvalue weighted by Crippen LogP contribution is 2.32. The molecule has 2 aromatic carbocycles. The molecule has 2 fully saturated rings. The van der Waals surface area contributed by atoms with Crippen molar-refractivity contribution in [2.24, 2.45) is 4.99 Å². The lowest BCUT2D eigenvalue weighted by atomic mass is 9.90. The van der Waals surface area contributed by atoms with Crippen LogP contribution in [0.3, 0.4) is 0 Å². The van der Waals surface area contributed by atoms with Crippen molar-refractivity contribution in [3.05, 3.63) is 70.1 Å². The Bertz CT molecular complexity index is 1180. The van der Waals surface area contributed by atoms with Crippen molar-refractivity contribution in [1.82, 2.24) is 19.8 Å². The largest absolute Gasteiger partial charge is 0.337 e. The van der Waals surface area contributed by atoms with Gasteiger partial charge in [-0.15, -0.1) is 0 Å². The van der Waals surface area contributed by atoms with Crippen molar-refractivity contribution in [2.75, 3.05) is 32.7 Å². The average Bonchev–Trinajstić information content (AvgIpc) is 3.12. The number of hydrogen-bond acceptors (Lipinski definition) is 4. The second-order valence-corrected chi connectivity index (χ2v) is 9.36. The second kappa shape index (κ2) is 9.12. The van der Waals surface area contributed by atoms with Crippen LogP contribution in [0, 0.1) is 6.92 Å². The first-order valence-corrected chi connectivity index (χ1v) is 11.8. The van der Waals surface area contributed by atoms with Crippen molar-refractivity contribution >= 4 is 29.9 Å². The number of nitrogens with one attached hydrogen (secondary N) is 1. The topological polar surface area (TPSA) is 64.6 Å². The molecular weight excluding hydrogens is 434 g/mol. The number of aliphatic imine (C=N–C) groups is 1. The molecule has 0 spiro atoms. The molecule has 5 rings (SSSR count). The van der Waals surface area contributed by atoms with Gasteiger partial charge < -0.3 is 14.8 Å². The van der Waals surface area contributed by atoms with Gasteiger partial charge in [0.25, 0.3) is 5.91 Å². The van der Waals surface area contributed by atoms with Gasteiger partial charge in [-0.25, -0.2) is 4.98 Å². The van der Waals surface area contributed by atoms with E-state index >= 15 is 0 Å². The monoisotopic (exact) mass is 461 g/mol. The summed E-state index contributed by atoms with van der Waals surface area (Å²) in [5, 5.41) is 0.530. The SMILES string of the molecule is C=Nc1ccc(C2CN(C(=O)c3ccc(C)c(-c4nc(CCN5CCC5)[nH]c4Cl)c3)C2)cc1. The summed E-state index contributed by atoms with van der Waals surface area (Å²) in [5.41, 5.74) is 5.43. The zero-order chi connectivity index (χ0) is 22.9. The summed E-state index contributed by atoms with van der Waals surface area (Å²) in [6, 6.07) is 13.9. The fourth-order valence-corrected chi connectivity index (χ4v) is 4.72. The number of rotatable bonds is 7. The first-order chi connectivity index (χ1) is 16.0. The highest BCUT2D eigenvalue weighted by molar-refractivity contribution is 6.32. The first-order valence-electron chi connectivity index (χ1n) is 11.5. The molecular formula is C26H28ClN5O. The lowest BCUT2D eigenvalue weighted by Gasteiger charge is -2.39. The van der Waals surface area contributed by atoms with Crippen molar-refractivity contribution in [3.63, 3.8) is 0 Å². The number of aryl methyl sites for hydroxylation is 1. The lowest BCUT2D eigenvalue weighted by Crippen LogP contribution is -2.48. The number of carbonyl (C=O) groups excluding carboxylic acids is 1. The molecule has 33 heavy (non-hydrogen) atoms. The number of carbonyl (C=O) groups is 1. The van der Waals surface area contributed by atoms with Gasteiger partial charge >= 0.3 is 0 Å². The van der Waals surface area contributed by atoms with E-state index in [1.54, 1.807) is 0 Å². The standard InChI is InChI=1S/C26H28ClN5O/c1-17-4-5-19(26(33)32-15-20(16-32)18-6-8-21(28-2)9-7-18)14-22(17)24-25(27)30-23(29-24)10-13-31-11-3-12-31/h4-9,14,20H,2-3,10-13,15-16H2,1H3,(H,29,30). The third-order valence-electron chi connectivity index (χ3n) is 6.78. The van der Waals surface area contributed by atoms with Crippen LogP contribution in [0.15, 0.2) is 47.5 Å². The molecule has 6 nitrogen and oxygen atoms in total. The highest BCUT2D eigenvalue weighted by atomic mass is 35.5. The Labute approximate surface area is 199 Å². The number of nitrogens with zero attached hydrogens (tertiary/aromatic N) is 4. The van der Waals surface area contributed by atoms with Gasteiger partial charge in [0.2, 0.25) is 0 Å². The van der Waals surface area contributed by atoms with Crippen LogP contribution in [-0.2, 0) is 6.42 Å². The Hall–Kier alpha value is -2.96. The molecule has 0 atom stereocenters. The molecule has 0 aliphatic carbocycles. The van der Waals surface area contributed by atoms with Gasteiger partial charge in [0.15, 0.2) is 0 Å². The lowest BCUT2D eigenvalue weighted by molar-refractivity contribution is 0.0602. The van der Waals surface area contributed by atoms with E-state index in [1.807, 2.05) is 42.2 Å². The van der Waals surface area contributed by atoms with Crippen LogP contribution in [0.1, 0.15) is 39.6 Å². The number of likely N-dealkylation sites (tertiary alicyclic amines) is 2. The molecule has 0 unspecified atom stereocenters. The van der Waals surface area contributed by atoms with Crippen molar-refractivity contribution in [3.8, 4) is 11.3 Å². The van der Waals surface area contributed by atoms with Gasteiger partial charge in [0.1, 0.15) is 16.7 Å². The zero-order valence-electron chi connectivity index (χ0n) is 18.9. The van der Waals surface area contributed by atoms with Crippen LogP contribution < -0.4 is 0 Å². The van der Waals surface area contributed by atoms with Gasteiger partial charge in [-0.1, -0.05) is 29.8 Å². The third kappa shape index (κ3) is 4.45. The van der Waals surface area contributed by atoms with Gasteiger partial charge in [-0.05, 0) is 68.5 Å². The maximum Gasteiger partial charge on any atom is 0.253 e. The number of H-pyrrole nitrogens is 1. The predicted molar refractivity (Wildman–Crippen MR) is 133 cm³/mol. The molecule has 3 heterocycles. The molecule has 1 aromatic heterocycles. The molecule has 7 heteroatoms. The van der Waals surface area contributed by atoms with Crippen molar-refractivity contribution < 1.29 is 4.79 Å².